The lowest BCUT2D eigenvalue weighted by Crippen LogP contribution is -2.52. The number of nitrogens with zero attached hydrogens (tertiary/aromatic N) is 3. The number of carbonyl (C=O) groups excluding carboxylic acids is 2. The van der Waals surface area contributed by atoms with Crippen molar-refractivity contribution in [3.05, 3.63) is 65.5 Å². The van der Waals surface area contributed by atoms with Crippen LogP contribution in [0.1, 0.15) is 35.8 Å². The first-order valence-electron chi connectivity index (χ1n) is 12.4. The highest BCUT2D eigenvalue weighted by atomic mass is 19.1. The Morgan fingerprint density at radius 2 is 1.69 bits per heavy atom. The molecule has 7 nitrogen and oxygen atoms in total. The zero-order valence-electron chi connectivity index (χ0n) is 20.6. The first kappa shape index (κ1) is 25.3. The van der Waals surface area contributed by atoms with E-state index >= 15 is 0 Å². The second-order valence-corrected chi connectivity index (χ2v) is 9.35. The molecule has 1 N–H and O–H groups in total. The van der Waals surface area contributed by atoms with Crippen LogP contribution in [-0.2, 0) is 9.53 Å². The fourth-order valence-corrected chi connectivity index (χ4v) is 5.03. The lowest BCUT2D eigenvalue weighted by molar-refractivity contribution is -0.123. The Hall–Kier alpha value is -2.81. The van der Waals surface area contributed by atoms with Gasteiger partial charge in [-0.05, 0) is 37.6 Å². The molecule has 8 heteroatoms. The number of piperazine rings is 1. The van der Waals surface area contributed by atoms with Gasteiger partial charge in [0.2, 0.25) is 5.91 Å². The van der Waals surface area contributed by atoms with E-state index in [0.29, 0.717) is 57.2 Å². The minimum Gasteiger partial charge on any atom is -0.379 e. The monoisotopic (exact) mass is 482 g/mol. The Balaban J connectivity index is 1.31. The second kappa shape index (κ2) is 11.7. The molecule has 0 spiro atoms. The average molecular weight is 483 g/mol. The molecule has 2 fully saturated rings. The summed E-state index contributed by atoms with van der Waals surface area (Å²) < 4.78 is 20.1. The molecule has 2 saturated heterocycles. The predicted molar refractivity (Wildman–Crippen MR) is 134 cm³/mol. The SMILES string of the molecule is CC(=O)c1ccc(N2CCN(CC(=O)N[C@H](C)[C@H](c3ccccc3)N3CCOCC3)CC2)c(F)c1. The number of morpholine rings is 1. The third-order valence-electron chi connectivity index (χ3n) is 6.88. The number of Topliss-reactive ketones (excluding diaryl/α,β-unsaturated/α-hetero) is 1. The third-order valence-corrected chi connectivity index (χ3v) is 6.88. The fourth-order valence-electron chi connectivity index (χ4n) is 5.03. The van der Waals surface area contributed by atoms with Crippen LogP contribution in [-0.4, -0.2) is 86.6 Å². The highest BCUT2D eigenvalue weighted by Crippen LogP contribution is 2.26. The molecule has 188 valence electrons. The Kier molecular flexibility index (Phi) is 8.49. The van der Waals surface area contributed by atoms with Crippen LogP contribution in [0.3, 0.4) is 0 Å². The van der Waals surface area contributed by atoms with Crippen molar-refractivity contribution in [2.24, 2.45) is 0 Å². The zero-order valence-corrected chi connectivity index (χ0v) is 20.6. The van der Waals surface area contributed by atoms with Crippen LogP contribution in [0.5, 0.6) is 0 Å². The molecule has 0 radical (unpaired) electrons. The zero-order chi connectivity index (χ0) is 24.8. The predicted octanol–water partition coefficient (Wildman–Crippen LogP) is 2.73. The molecular weight excluding hydrogens is 447 g/mol. The van der Waals surface area contributed by atoms with Crippen molar-refractivity contribution in [1.29, 1.82) is 0 Å². The summed E-state index contributed by atoms with van der Waals surface area (Å²) in [4.78, 5) is 30.9. The molecule has 1 amide bonds. The molecule has 0 unspecified atom stereocenters. The number of ketones is 1. The number of nitrogens with one attached hydrogen (secondary N) is 1. The molecule has 2 aliphatic heterocycles. The Labute approximate surface area is 206 Å². The second-order valence-electron chi connectivity index (χ2n) is 9.35. The molecular formula is C27H35FN4O3. The van der Waals surface area contributed by atoms with E-state index in [0.717, 1.165) is 13.1 Å². The smallest absolute Gasteiger partial charge is 0.234 e. The van der Waals surface area contributed by atoms with Gasteiger partial charge in [0.05, 0.1) is 31.5 Å². The standard InChI is InChI=1S/C27H35FN4O3/c1-20(27(22-6-4-3-5-7-22)32-14-16-35-17-15-32)29-26(34)19-30-10-12-31(13-11-30)25-9-8-23(21(2)33)18-24(25)28/h3-9,18,20,27H,10-17,19H2,1-2H3,(H,29,34)/t20-,27-/m1/s1. The van der Waals surface area contributed by atoms with Crippen molar-refractivity contribution in [2.75, 3.05) is 63.9 Å². The number of rotatable bonds is 8. The van der Waals surface area contributed by atoms with Crippen molar-refractivity contribution in [3.63, 3.8) is 0 Å². The molecule has 35 heavy (non-hydrogen) atoms. The van der Waals surface area contributed by atoms with Crippen LogP contribution in [0.15, 0.2) is 48.5 Å². The number of ether oxygens (including phenoxy) is 1. The highest BCUT2D eigenvalue weighted by molar-refractivity contribution is 5.94. The Bertz CT molecular complexity index is 1000. The van der Waals surface area contributed by atoms with E-state index < -0.39 is 0 Å². The van der Waals surface area contributed by atoms with Gasteiger partial charge in [-0.1, -0.05) is 30.3 Å². The quantitative estimate of drug-likeness (QED) is 0.584. The maximum Gasteiger partial charge on any atom is 0.234 e. The average Bonchev–Trinajstić information content (AvgIpc) is 2.86. The van der Waals surface area contributed by atoms with Crippen LogP contribution in [0.2, 0.25) is 0 Å². The van der Waals surface area contributed by atoms with Crippen molar-refractivity contribution in [2.45, 2.75) is 25.9 Å². The Morgan fingerprint density at radius 1 is 1.00 bits per heavy atom. The van der Waals surface area contributed by atoms with E-state index in [-0.39, 0.29) is 29.6 Å². The van der Waals surface area contributed by atoms with Gasteiger partial charge in [-0.2, -0.15) is 0 Å². The number of amides is 1. The number of hydrogen-bond donors (Lipinski definition) is 1. The van der Waals surface area contributed by atoms with E-state index in [2.05, 4.69) is 34.2 Å². The molecule has 2 heterocycles. The highest BCUT2D eigenvalue weighted by Gasteiger charge is 2.29. The molecule has 2 aromatic carbocycles. The van der Waals surface area contributed by atoms with Gasteiger partial charge >= 0.3 is 0 Å². The van der Waals surface area contributed by atoms with Gasteiger partial charge in [-0.25, -0.2) is 4.39 Å². The number of anilines is 1. The van der Waals surface area contributed by atoms with Gasteiger partial charge in [0.15, 0.2) is 5.78 Å². The lowest BCUT2D eigenvalue weighted by Gasteiger charge is -2.39. The summed E-state index contributed by atoms with van der Waals surface area (Å²) in [6.45, 7) is 9.48. The van der Waals surface area contributed by atoms with Gasteiger partial charge < -0.3 is 15.0 Å². The van der Waals surface area contributed by atoms with E-state index in [9.17, 15) is 14.0 Å². The van der Waals surface area contributed by atoms with E-state index in [4.69, 9.17) is 4.74 Å². The van der Waals surface area contributed by atoms with Crippen LogP contribution >= 0.6 is 0 Å². The molecule has 4 rings (SSSR count). The summed E-state index contributed by atoms with van der Waals surface area (Å²) in [7, 11) is 0. The van der Waals surface area contributed by atoms with Gasteiger partial charge in [0.1, 0.15) is 5.82 Å². The summed E-state index contributed by atoms with van der Waals surface area (Å²) >= 11 is 0. The fraction of sp³-hybridized carbons (Fsp3) is 0.481. The van der Waals surface area contributed by atoms with Crippen LogP contribution in [0.25, 0.3) is 0 Å². The maximum absolute atomic E-state index is 14.5. The minimum absolute atomic E-state index is 0.00266. The molecule has 0 aromatic heterocycles. The Morgan fingerprint density at radius 3 is 2.31 bits per heavy atom. The van der Waals surface area contributed by atoms with Gasteiger partial charge in [0.25, 0.3) is 0 Å². The van der Waals surface area contributed by atoms with Crippen molar-refractivity contribution < 1.29 is 18.7 Å². The topological polar surface area (TPSA) is 65.1 Å². The van der Waals surface area contributed by atoms with Crippen molar-refractivity contribution >= 4 is 17.4 Å². The largest absolute Gasteiger partial charge is 0.379 e. The van der Waals surface area contributed by atoms with E-state index in [1.807, 2.05) is 23.1 Å². The molecule has 0 aliphatic carbocycles. The van der Waals surface area contributed by atoms with E-state index in [1.165, 1.54) is 18.6 Å². The van der Waals surface area contributed by atoms with Crippen molar-refractivity contribution in [1.82, 2.24) is 15.1 Å². The normalized spacial score (nSPS) is 19.2. The third kappa shape index (κ3) is 6.45. The summed E-state index contributed by atoms with van der Waals surface area (Å²) in [6.07, 6.45) is 0. The molecule has 2 atom stereocenters. The summed E-state index contributed by atoms with van der Waals surface area (Å²) in [5, 5.41) is 3.22. The van der Waals surface area contributed by atoms with Crippen LogP contribution in [0, 0.1) is 5.82 Å². The molecule has 2 aliphatic rings. The molecule has 0 saturated carbocycles. The lowest BCUT2D eigenvalue weighted by atomic mass is 9.98. The minimum atomic E-state index is -0.382. The first-order chi connectivity index (χ1) is 16.9. The number of carbonyl (C=O) groups is 2. The van der Waals surface area contributed by atoms with Gasteiger partial charge in [0, 0.05) is 50.9 Å². The summed E-state index contributed by atoms with van der Waals surface area (Å²) in [5.41, 5.74) is 2.07. The molecule has 2 aromatic rings. The number of halogens is 1. The number of hydrogen-bond acceptors (Lipinski definition) is 6. The first-order valence-corrected chi connectivity index (χ1v) is 12.4. The summed E-state index contributed by atoms with van der Waals surface area (Å²) in [5.74, 6) is -0.534. The van der Waals surface area contributed by atoms with Crippen molar-refractivity contribution in [3.8, 4) is 0 Å². The summed E-state index contributed by atoms with van der Waals surface area (Å²) in [6, 6.07) is 15.0. The van der Waals surface area contributed by atoms with Gasteiger partial charge in [-0.3, -0.25) is 19.4 Å². The van der Waals surface area contributed by atoms with Crippen LogP contribution in [0.4, 0.5) is 10.1 Å². The maximum atomic E-state index is 14.5. The molecule has 0 bridgehead atoms. The van der Waals surface area contributed by atoms with E-state index in [1.54, 1.807) is 12.1 Å². The number of benzene rings is 2. The van der Waals surface area contributed by atoms with Gasteiger partial charge in [-0.15, -0.1) is 0 Å². The van der Waals surface area contributed by atoms with Crippen LogP contribution < -0.4 is 10.2 Å².